The summed E-state index contributed by atoms with van der Waals surface area (Å²) in [5, 5.41) is 3.13. The minimum absolute atomic E-state index is 0.669. The van der Waals surface area contributed by atoms with Gasteiger partial charge in [-0.15, -0.1) is 0 Å². The Kier molecular flexibility index (Phi) is 7.46. The second-order valence-electron chi connectivity index (χ2n) is 14.2. The fourth-order valence-corrected chi connectivity index (χ4v) is 7.97. The third-order valence-corrected chi connectivity index (χ3v) is 10.8. The first-order valence-corrected chi connectivity index (χ1v) is 18.8. The molecule has 0 aliphatic rings. The van der Waals surface area contributed by atoms with Crippen molar-refractivity contribution in [1.29, 1.82) is 0 Å². The maximum atomic E-state index is 6.59. The molecule has 3 aromatic heterocycles. The van der Waals surface area contributed by atoms with Gasteiger partial charge in [0, 0.05) is 27.3 Å². The molecule has 262 valence electrons. The zero-order valence-corrected chi connectivity index (χ0v) is 30.2. The van der Waals surface area contributed by atoms with Crippen molar-refractivity contribution in [3.8, 4) is 66.9 Å². The molecular weight excluding hydrogens is 685 g/mol. The van der Waals surface area contributed by atoms with Crippen LogP contribution in [0.15, 0.2) is 203 Å². The fraction of sp³-hybridized carbons (Fsp3) is 0. The quantitative estimate of drug-likeness (QED) is 0.172. The van der Waals surface area contributed by atoms with Crippen LogP contribution in [0.1, 0.15) is 0 Å². The molecule has 0 amide bonds. The van der Waals surface area contributed by atoms with Gasteiger partial charge in [-0.25, -0.2) is 9.97 Å². The SMILES string of the molecule is c1ccc(-c2ccc(-c3ccc4oc5c(-c6cccc(-c7ncnc8c7oc7ccc(-c9ccc(-c%10ccccc%10)cc9)cc78)c6)cccc5c4c3)cc2)cc1. The number of hydrogen-bond acceptors (Lipinski definition) is 4. The van der Waals surface area contributed by atoms with Crippen molar-refractivity contribution in [2.45, 2.75) is 0 Å². The molecule has 0 unspecified atom stereocenters. The van der Waals surface area contributed by atoms with Gasteiger partial charge in [0.25, 0.3) is 0 Å². The summed E-state index contributed by atoms with van der Waals surface area (Å²) in [6.07, 6.45) is 1.63. The molecule has 4 heteroatoms. The number of fused-ring (bicyclic) bond motifs is 6. The molecule has 4 nitrogen and oxygen atoms in total. The Bertz CT molecular complexity index is 3000. The van der Waals surface area contributed by atoms with Gasteiger partial charge in [0.05, 0.1) is 0 Å². The largest absolute Gasteiger partial charge is 0.455 e. The minimum Gasteiger partial charge on any atom is -0.455 e. The molecule has 8 aromatic carbocycles. The van der Waals surface area contributed by atoms with Crippen molar-refractivity contribution in [3.05, 3.63) is 194 Å². The number of hydrogen-bond donors (Lipinski definition) is 0. The Labute approximate surface area is 323 Å². The fourth-order valence-electron chi connectivity index (χ4n) is 7.97. The predicted octanol–water partition coefficient (Wildman–Crippen LogP) is 14.3. The molecule has 0 atom stereocenters. The lowest BCUT2D eigenvalue weighted by atomic mass is 9.97. The molecule has 56 heavy (non-hydrogen) atoms. The van der Waals surface area contributed by atoms with Gasteiger partial charge in [-0.2, -0.15) is 0 Å². The van der Waals surface area contributed by atoms with Crippen molar-refractivity contribution < 1.29 is 8.83 Å². The summed E-state index contributed by atoms with van der Waals surface area (Å²) < 4.78 is 13.1. The van der Waals surface area contributed by atoms with Gasteiger partial charge in [0.15, 0.2) is 5.58 Å². The Balaban J connectivity index is 0.938. The zero-order valence-electron chi connectivity index (χ0n) is 30.2. The standard InChI is InChI=1S/C52H32N2O2/c1-3-9-33(10-4-1)35-17-21-37(22-18-35)39-25-27-47-45(30-39)44-16-8-15-43(51(44)55-47)41-13-7-14-42(29-41)49-52-50(54-32-53-49)46-31-40(26-28-48(46)56-52)38-23-19-36(20-24-38)34-11-5-2-6-12-34/h1-32H. The van der Waals surface area contributed by atoms with Crippen LogP contribution in [0.2, 0.25) is 0 Å². The van der Waals surface area contributed by atoms with Crippen LogP contribution >= 0.6 is 0 Å². The highest BCUT2D eigenvalue weighted by Gasteiger charge is 2.18. The molecule has 0 saturated carbocycles. The molecule has 0 fully saturated rings. The Morgan fingerprint density at radius 1 is 0.304 bits per heavy atom. The minimum atomic E-state index is 0.669. The molecule has 0 aliphatic heterocycles. The van der Waals surface area contributed by atoms with Crippen LogP contribution in [-0.4, -0.2) is 9.97 Å². The maximum absolute atomic E-state index is 6.59. The molecule has 0 aliphatic carbocycles. The van der Waals surface area contributed by atoms with Crippen molar-refractivity contribution in [2.24, 2.45) is 0 Å². The second-order valence-corrected chi connectivity index (χ2v) is 14.2. The van der Waals surface area contributed by atoms with Crippen LogP contribution in [0.4, 0.5) is 0 Å². The predicted molar refractivity (Wildman–Crippen MR) is 229 cm³/mol. The zero-order chi connectivity index (χ0) is 37.0. The van der Waals surface area contributed by atoms with Crippen molar-refractivity contribution in [3.63, 3.8) is 0 Å². The summed E-state index contributed by atoms with van der Waals surface area (Å²) in [4.78, 5) is 9.47. The van der Waals surface area contributed by atoms with Gasteiger partial charge in [-0.05, 0) is 80.4 Å². The molecule has 0 N–H and O–H groups in total. The highest BCUT2D eigenvalue weighted by molar-refractivity contribution is 6.11. The van der Waals surface area contributed by atoms with Crippen LogP contribution in [0, 0.1) is 0 Å². The molecule has 0 saturated heterocycles. The second kappa shape index (κ2) is 13.1. The van der Waals surface area contributed by atoms with E-state index in [1.54, 1.807) is 6.33 Å². The normalized spacial score (nSPS) is 11.6. The lowest BCUT2D eigenvalue weighted by Gasteiger charge is -2.07. The molecule has 11 aromatic rings. The summed E-state index contributed by atoms with van der Waals surface area (Å²) >= 11 is 0. The van der Waals surface area contributed by atoms with Gasteiger partial charge in [-0.1, -0.05) is 158 Å². The molecule has 11 rings (SSSR count). The van der Waals surface area contributed by atoms with E-state index in [-0.39, 0.29) is 0 Å². The smallest absolute Gasteiger partial charge is 0.180 e. The first-order chi connectivity index (χ1) is 27.7. The van der Waals surface area contributed by atoms with Crippen LogP contribution in [0.3, 0.4) is 0 Å². The highest BCUT2D eigenvalue weighted by atomic mass is 16.3. The average Bonchev–Trinajstić information content (AvgIpc) is 3.85. The molecule has 0 radical (unpaired) electrons. The van der Waals surface area contributed by atoms with Crippen LogP contribution in [-0.2, 0) is 0 Å². The number of rotatable bonds is 6. The van der Waals surface area contributed by atoms with Crippen LogP contribution in [0.25, 0.3) is 111 Å². The Morgan fingerprint density at radius 2 is 0.786 bits per heavy atom. The first-order valence-electron chi connectivity index (χ1n) is 18.8. The Morgan fingerprint density at radius 3 is 1.43 bits per heavy atom. The lowest BCUT2D eigenvalue weighted by molar-refractivity contribution is 0.667. The summed E-state index contributed by atoms with van der Waals surface area (Å²) in [5.74, 6) is 0. The molecule has 0 bridgehead atoms. The van der Waals surface area contributed by atoms with E-state index < -0.39 is 0 Å². The van der Waals surface area contributed by atoms with E-state index in [4.69, 9.17) is 18.8 Å². The molecular formula is C52H32N2O2. The third kappa shape index (κ3) is 5.47. The number of nitrogens with zero attached hydrogens (tertiary/aromatic N) is 2. The van der Waals surface area contributed by atoms with E-state index in [0.29, 0.717) is 5.58 Å². The van der Waals surface area contributed by atoms with Crippen LogP contribution in [0.5, 0.6) is 0 Å². The molecule has 3 heterocycles. The first kappa shape index (κ1) is 31.9. The van der Waals surface area contributed by atoms with Gasteiger partial charge < -0.3 is 8.83 Å². The van der Waals surface area contributed by atoms with E-state index in [1.807, 2.05) is 18.2 Å². The number of para-hydroxylation sites is 1. The van der Waals surface area contributed by atoms with E-state index in [2.05, 4.69) is 170 Å². The van der Waals surface area contributed by atoms with Gasteiger partial charge in [-0.3, -0.25) is 0 Å². The van der Waals surface area contributed by atoms with E-state index in [1.165, 1.54) is 27.8 Å². The van der Waals surface area contributed by atoms with Gasteiger partial charge in [0.1, 0.15) is 34.3 Å². The van der Waals surface area contributed by atoms with Gasteiger partial charge >= 0.3 is 0 Å². The average molecular weight is 717 g/mol. The summed E-state index contributed by atoms with van der Waals surface area (Å²) in [5.41, 5.74) is 17.1. The van der Waals surface area contributed by atoms with E-state index in [9.17, 15) is 0 Å². The number of benzene rings is 8. The third-order valence-electron chi connectivity index (χ3n) is 10.8. The Hall–Kier alpha value is -7.56. The number of furan rings is 2. The summed E-state index contributed by atoms with van der Waals surface area (Å²) in [6, 6.07) is 65.9. The van der Waals surface area contributed by atoms with Gasteiger partial charge in [0.2, 0.25) is 0 Å². The van der Waals surface area contributed by atoms with Crippen molar-refractivity contribution in [2.75, 3.05) is 0 Å². The van der Waals surface area contributed by atoms with Crippen molar-refractivity contribution >= 4 is 44.0 Å². The van der Waals surface area contributed by atoms with Crippen LogP contribution < -0.4 is 0 Å². The molecule has 0 spiro atoms. The highest BCUT2D eigenvalue weighted by Crippen LogP contribution is 2.40. The van der Waals surface area contributed by atoms with E-state index in [0.717, 1.165) is 77.5 Å². The maximum Gasteiger partial charge on any atom is 0.180 e. The lowest BCUT2D eigenvalue weighted by Crippen LogP contribution is -1.88. The summed E-state index contributed by atoms with van der Waals surface area (Å²) in [7, 11) is 0. The topological polar surface area (TPSA) is 52.1 Å². The monoisotopic (exact) mass is 716 g/mol. The summed E-state index contributed by atoms with van der Waals surface area (Å²) in [6.45, 7) is 0. The van der Waals surface area contributed by atoms with Crippen molar-refractivity contribution in [1.82, 2.24) is 9.97 Å². The van der Waals surface area contributed by atoms with E-state index >= 15 is 0 Å². The number of aromatic nitrogens is 2.